The van der Waals surface area contributed by atoms with E-state index >= 15 is 0 Å². The molecule has 0 aliphatic rings. The van der Waals surface area contributed by atoms with Crippen molar-refractivity contribution >= 4 is 12.4 Å². The lowest BCUT2D eigenvalue weighted by molar-refractivity contribution is 0.111. The topological polar surface area (TPSA) is 33.2 Å². The molecule has 0 unspecified atom stereocenters. The van der Waals surface area contributed by atoms with Gasteiger partial charge in [0, 0.05) is 25.4 Å². The number of aldehydes is 1. The van der Waals surface area contributed by atoms with Crippen LogP contribution in [0.3, 0.4) is 0 Å². The summed E-state index contributed by atoms with van der Waals surface area (Å²) in [4.78, 5) is 16.8. The molecule has 0 atom stereocenters. The Hall–Kier alpha value is -1.64. The van der Waals surface area contributed by atoms with Crippen molar-refractivity contribution < 1.29 is 4.79 Å². The standard InChI is InChI=1S/C11H14N2O/c1-9-4-5-10(6-7-13(2)3)11(8-14)12-9/h4-8H,1-3H3/b7-6-. The van der Waals surface area contributed by atoms with Crippen LogP contribution in [0.25, 0.3) is 6.08 Å². The van der Waals surface area contributed by atoms with Gasteiger partial charge in [-0.1, -0.05) is 6.07 Å². The molecule has 14 heavy (non-hydrogen) atoms. The smallest absolute Gasteiger partial charge is 0.169 e. The quantitative estimate of drug-likeness (QED) is 0.680. The van der Waals surface area contributed by atoms with Crippen LogP contribution in [0.4, 0.5) is 0 Å². The molecule has 0 fully saturated rings. The maximum absolute atomic E-state index is 10.7. The lowest BCUT2D eigenvalue weighted by Crippen LogP contribution is -2.00. The van der Waals surface area contributed by atoms with Gasteiger partial charge in [0.25, 0.3) is 0 Å². The van der Waals surface area contributed by atoms with Crippen LogP contribution in [0.2, 0.25) is 0 Å². The number of aromatic nitrogens is 1. The zero-order valence-corrected chi connectivity index (χ0v) is 8.69. The van der Waals surface area contributed by atoms with E-state index in [1.807, 2.05) is 50.3 Å². The zero-order chi connectivity index (χ0) is 10.6. The van der Waals surface area contributed by atoms with Gasteiger partial charge in [0.05, 0.1) is 0 Å². The van der Waals surface area contributed by atoms with Gasteiger partial charge in [-0.25, -0.2) is 4.98 Å². The molecular formula is C11H14N2O. The van der Waals surface area contributed by atoms with E-state index in [0.29, 0.717) is 5.69 Å². The van der Waals surface area contributed by atoms with Crippen molar-refractivity contribution in [3.8, 4) is 0 Å². The van der Waals surface area contributed by atoms with E-state index in [-0.39, 0.29) is 0 Å². The van der Waals surface area contributed by atoms with Crippen LogP contribution in [-0.4, -0.2) is 30.3 Å². The summed E-state index contributed by atoms with van der Waals surface area (Å²) in [5.74, 6) is 0. The molecular weight excluding hydrogens is 176 g/mol. The summed E-state index contributed by atoms with van der Waals surface area (Å²) in [7, 11) is 3.86. The lowest BCUT2D eigenvalue weighted by Gasteiger charge is -2.04. The molecule has 74 valence electrons. The van der Waals surface area contributed by atoms with Crippen molar-refractivity contribution in [1.82, 2.24) is 9.88 Å². The van der Waals surface area contributed by atoms with Crippen LogP contribution in [0.5, 0.6) is 0 Å². The summed E-state index contributed by atoms with van der Waals surface area (Å²) in [6, 6.07) is 3.79. The molecule has 3 nitrogen and oxygen atoms in total. The average molecular weight is 190 g/mol. The second-order valence-electron chi connectivity index (χ2n) is 3.32. The molecule has 0 bridgehead atoms. The molecule has 3 heteroatoms. The highest BCUT2D eigenvalue weighted by molar-refractivity contribution is 5.79. The van der Waals surface area contributed by atoms with Gasteiger partial charge in [0.15, 0.2) is 6.29 Å². The van der Waals surface area contributed by atoms with Crippen molar-refractivity contribution in [1.29, 1.82) is 0 Å². The molecule has 0 saturated carbocycles. The maximum Gasteiger partial charge on any atom is 0.169 e. The number of carbonyl (C=O) groups is 1. The zero-order valence-electron chi connectivity index (χ0n) is 8.69. The van der Waals surface area contributed by atoms with Crippen molar-refractivity contribution in [3.63, 3.8) is 0 Å². The Morgan fingerprint density at radius 2 is 2.07 bits per heavy atom. The SMILES string of the molecule is Cc1ccc(/C=C\N(C)C)c(C=O)n1. The highest BCUT2D eigenvalue weighted by atomic mass is 16.1. The second-order valence-corrected chi connectivity index (χ2v) is 3.32. The second kappa shape index (κ2) is 4.56. The fourth-order valence-electron chi connectivity index (χ4n) is 1.05. The first-order valence-corrected chi connectivity index (χ1v) is 4.41. The van der Waals surface area contributed by atoms with Crippen molar-refractivity contribution in [2.24, 2.45) is 0 Å². The van der Waals surface area contributed by atoms with Crippen molar-refractivity contribution in [3.05, 3.63) is 35.3 Å². The third-order valence-corrected chi connectivity index (χ3v) is 1.76. The molecule has 0 amide bonds. The molecule has 1 aromatic heterocycles. The third kappa shape index (κ3) is 2.69. The van der Waals surface area contributed by atoms with Gasteiger partial charge >= 0.3 is 0 Å². The lowest BCUT2D eigenvalue weighted by atomic mass is 10.2. The highest BCUT2D eigenvalue weighted by Gasteiger charge is 1.99. The normalized spacial score (nSPS) is 10.5. The Labute approximate surface area is 84.1 Å². The predicted molar refractivity (Wildman–Crippen MR) is 57.1 cm³/mol. The summed E-state index contributed by atoms with van der Waals surface area (Å²) in [5, 5.41) is 0. The number of nitrogens with zero attached hydrogens (tertiary/aromatic N) is 2. The predicted octanol–water partition coefficient (Wildman–Crippen LogP) is 1.73. The van der Waals surface area contributed by atoms with Crippen LogP contribution >= 0.6 is 0 Å². The van der Waals surface area contributed by atoms with Gasteiger partial charge < -0.3 is 4.90 Å². The van der Waals surface area contributed by atoms with Crippen LogP contribution in [0.15, 0.2) is 18.3 Å². The first-order valence-electron chi connectivity index (χ1n) is 4.41. The average Bonchev–Trinajstić information content (AvgIpc) is 2.15. The molecule has 0 aromatic carbocycles. The Morgan fingerprint density at radius 1 is 1.36 bits per heavy atom. The number of aryl methyl sites for hydroxylation is 1. The van der Waals surface area contributed by atoms with E-state index in [0.717, 1.165) is 17.5 Å². The minimum atomic E-state index is 0.489. The largest absolute Gasteiger partial charge is 0.383 e. The summed E-state index contributed by atoms with van der Waals surface area (Å²) >= 11 is 0. The summed E-state index contributed by atoms with van der Waals surface area (Å²) in [5.41, 5.74) is 2.19. The van der Waals surface area contributed by atoms with Gasteiger partial charge in [0.2, 0.25) is 0 Å². The first-order chi connectivity index (χ1) is 6.63. The highest BCUT2D eigenvalue weighted by Crippen LogP contribution is 2.07. The summed E-state index contributed by atoms with van der Waals surface area (Å²) in [6.07, 6.45) is 4.54. The fourth-order valence-corrected chi connectivity index (χ4v) is 1.05. The molecule has 0 aliphatic carbocycles. The van der Waals surface area contributed by atoms with Gasteiger partial charge in [-0.3, -0.25) is 4.79 Å². The maximum atomic E-state index is 10.7. The minimum Gasteiger partial charge on any atom is -0.383 e. The van der Waals surface area contributed by atoms with Crippen LogP contribution in [0, 0.1) is 6.92 Å². The van der Waals surface area contributed by atoms with Gasteiger partial charge in [-0.15, -0.1) is 0 Å². The third-order valence-electron chi connectivity index (χ3n) is 1.76. The minimum absolute atomic E-state index is 0.489. The van der Waals surface area contributed by atoms with Crippen LogP contribution in [-0.2, 0) is 0 Å². The number of hydrogen-bond donors (Lipinski definition) is 0. The Balaban J connectivity index is 3.02. The number of carbonyl (C=O) groups excluding carboxylic acids is 1. The molecule has 1 aromatic rings. The molecule has 0 spiro atoms. The summed E-state index contributed by atoms with van der Waals surface area (Å²) < 4.78 is 0. The van der Waals surface area contributed by atoms with Crippen molar-refractivity contribution in [2.75, 3.05) is 14.1 Å². The van der Waals surface area contributed by atoms with Crippen molar-refractivity contribution in [2.45, 2.75) is 6.92 Å². The fraction of sp³-hybridized carbons (Fsp3) is 0.273. The summed E-state index contributed by atoms with van der Waals surface area (Å²) in [6.45, 7) is 1.87. The Bertz CT molecular complexity index is 356. The van der Waals surface area contributed by atoms with E-state index in [1.165, 1.54) is 0 Å². The van der Waals surface area contributed by atoms with Gasteiger partial charge in [-0.05, 0) is 25.3 Å². The monoisotopic (exact) mass is 190 g/mol. The van der Waals surface area contributed by atoms with E-state index in [1.54, 1.807) is 0 Å². The van der Waals surface area contributed by atoms with Gasteiger partial charge in [-0.2, -0.15) is 0 Å². The van der Waals surface area contributed by atoms with E-state index < -0.39 is 0 Å². The van der Waals surface area contributed by atoms with Crippen LogP contribution < -0.4 is 0 Å². The first kappa shape index (κ1) is 10.4. The van der Waals surface area contributed by atoms with E-state index in [2.05, 4.69) is 4.98 Å². The molecule has 0 saturated heterocycles. The molecule has 0 radical (unpaired) electrons. The Morgan fingerprint density at radius 3 is 2.64 bits per heavy atom. The van der Waals surface area contributed by atoms with Gasteiger partial charge in [0.1, 0.15) is 5.69 Å². The van der Waals surface area contributed by atoms with E-state index in [4.69, 9.17) is 0 Å². The molecule has 0 aliphatic heterocycles. The number of hydrogen-bond acceptors (Lipinski definition) is 3. The molecule has 1 rings (SSSR count). The number of pyridine rings is 1. The van der Waals surface area contributed by atoms with Crippen LogP contribution in [0.1, 0.15) is 21.7 Å². The Kier molecular flexibility index (Phi) is 3.40. The molecule has 1 heterocycles. The van der Waals surface area contributed by atoms with E-state index in [9.17, 15) is 4.79 Å². The molecule has 0 N–H and O–H groups in total. The number of rotatable bonds is 3.